The van der Waals surface area contributed by atoms with Crippen LogP contribution in [0.2, 0.25) is 6.55 Å². The van der Waals surface area contributed by atoms with Crippen molar-refractivity contribution in [3.05, 3.63) is 12.3 Å². The summed E-state index contributed by atoms with van der Waals surface area (Å²) in [6.45, 7) is 5.64. The van der Waals surface area contributed by atoms with Gasteiger partial charge in [-0.1, -0.05) is 5.70 Å². The molecule has 8 heteroatoms. The predicted octanol–water partition coefficient (Wildman–Crippen LogP) is -2.14. The molecular formula is C3H12O4Si4. The quantitative estimate of drug-likeness (QED) is 0.477. The smallest absolute Gasteiger partial charge is 0.329 e. The van der Waals surface area contributed by atoms with E-state index in [4.69, 9.17) is 16.5 Å². The van der Waals surface area contributed by atoms with E-state index in [0.29, 0.717) is 0 Å². The van der Waals surface area contributed by atoms with Crippen molar-refractivity contribution in [2.45, 2.75) is 6.55 Å². The Morgan fingerprint density at radius 1 is 1.36 bits per heavy atom. The minimum absolute atomic E-state index is 0.765. The Labute approximate surface area is 74.3 Å². The third kappa shape index (κ3) is 3.57. The third-order valence-corrected chi connectivity index (χ3v) is 9.82. The number of hydrogen-bond acceptors (Lipinski definition) is 4. The Morgan fingerprint density at radius 3 is 2.82 bits per heavy atom. The van der Waals surface area contributed by atoms with Crippen LogP contribution in [0.25, 0.3) is 0 Å². The zero-order valence-corrected chi connectivity index (χ0v) is 11.6. The molecule has 1 fully saturated rings. The molecule has 0 bridgehead atoms. The molecule has 0 spiro atoms. The van der Waals surface area contributed by atoms with Gasteiger partial charge >= 0.3 is 9.28 Å². The summed E-state index contributed by atoms with van der Waals surface area (Å²) in [4.78, 5) is 0. The van der Waals surface area contributed by atoms with Crippen molar-refractivity contribution < 1.29 is 16.5 Å². The molecule has 11 heavy (non-hydrogen) atoms. The van der Waals surface area contributed by atoms with Crippen molar-refractivity contribution in [1.82, 2.24) is 0 Å². The largest absolute Gasteiger partial charge is 0.425 e. The van der Waals surface area contributed by atoms with Crippen molar-refractivity contribution in [2.75, 3.05) is 0 Å². The second-order valence-electron chi connectivity index (χ2n) is 2.08. The summed E-state index contributed by atoms with van der Waals surface area (Å²) in [5, 5.41) is 0. The van der Waals surface area contributed by atoms with Crippen molar-refractivity contribution >= 4 is 38.6 Å². The first-order chi connectivity index (χ1) is 5.33. The average molecular weight is 224 g/mol. The molecule has 0 aromatic rings. The molecule has 0 amide bonds. The van der Waals surface area contributed by atoms with E-state index >= 15 is 0 Å². The van der Waals surface area contributed by atoms with E-state index in [0.717, 1.165) is 0 Å². The molecule has 64 valence electrons. The van der Waals surface area contributed by atoms with Crippen LogP contribution in [0.1, 0.15) is 0 Å². The van der Waals surface area contributed by atoms with Crippen molar-refractivity contribution in [3.63, 3.8) is 0 Å². The molecule has 4 nitrogen and oxygen atoms in total. The van der Waals surface area contributed by atoms with Gasteiger partial charge in [0.15, 0.2) is 0 Å². The van der Waals surface area contributed by atoms with Gasteiger partial charge in [0.2, 0.25) is 0 Å². The SMILES string of the molecule is C=C[SiH]1O[SiH2]O[SiH2]O[SiH](C)O1. The first kappa shape index (κ1) is 9.53. The molecule has 1 heterocycles. The fourth-order valence-electron chi connectivity index (χ4n) is 0.684. The molecule has 2 unspecified atom stereocenters. The van der Waals surface area contributed by atoms with Gasteiger partial charge in [0, 0.05) is 0 Å². The molecule has 1 aliphatic heterocycles. The van der Waals surface area contributed by atoms with Gasteiger partial charge < -0.3 is 16.5 Å². The molecule has 0 radical (unpaired) electrons. The Bertz CT molecular complexity index is 133. The summed E-state index contributed by atoms with van der Waals surface area (Å²) in [5.74, 6) is 0. The maximum Gasteiger partial charge on any atom is 0.329 e. The highest BCUT2D eigenvalue weighted by atomic mass is 28.4. The van der Waals surface area contributed by atoms with Crippen LogP contribution >= 0.6 is 0 Å². The maximum absolute atomic E-state index is 5.55. The van der Waals surface area contributed by atoms with E-state index in [-0.39, 0.29) is 0 Å². The van der Waals surface area contributed by atoms with Crippen molar-refractivity contribution in [1.29, 1.82) is 0 Å². The lowest BCUT2D eigenvalue weighted by atomic mass is 11.3. The van der Waals surface area contributed by atoms with Gasteiger partial charge in [0.05, 0.1) is 0 Å². The summed E-state index contributed by atoms with van der Waals surface area (Å²) in [6, 6.07) is 0. The molecule has 0 saturated carbocycles. The van der Waals surface area contributed by atoms with E-state index in [1.165, 1.54) is 0 Å². The third-order valence-electron chi connectivity index (χ3n) is 1.22. The second-order valence-corrected chi connectivity index (χ2v) is 10.3. The monoisotopic (exact) mass is 224 g/mol. The van der Waals surface area contributed by atoms with Gasteiger partial charge in [0.1, 0.15) is 0 Å². The number of rotatable bonds is 1. The average Bonchev–Trinajstić information content (AvgIpc) is 1.96. The van der Waals surface area contributed by atoms with E-state index in [1.54, 1.807) is 5.70 Å². The molecule has 0 N–H and O–H groups in total. The standard InChI is InChI=1S/C3H12O4Si4/c1-3-11-6-9-4-8-5-10(2)7-11/h3,10-11H,1,8-9H2,2H3. The van der Waals surface area contributed by atoms with Gasteiger partial charge in [-0.25, -0.2) is 0 Å². The molecule has 0 aliphatic carbocycles. The lowest BCUT2D eigenvalue weighted by molar-refractivity contribution is 0.322. The Kier molecular flexibility index (Phi) is 4.47. The molecule has 2 atom stereocenters. The lowest BCUT2D eigenvalue weighted by Crippen LogP contribution is -2.37. The summed E-state index contributed by atoms with van der Waals surface area (Å²) >= 11 is 0. The number of hydrogen-bond donors (Lipinski definition) is 0. The zero-order chi connectivity index (χ0) is 8.10. The van der Waals surface area contributed by atoms with Crippen LogP contribution in [-0.2, 0) is 16.5 Å². The van der Waals surface area contributed by atoms with E-state index in [9.17, 15) is 0 Å². The Hall–Kier alpha value is 0.448. The van der Waals surface area contributed by atoms with Crippen LogP contribution in [0.15, 0.2) is 12.3 Å². The minimum atomic E-state index is -1.58. The normalized spacial score (nSPS) is 38.3. The zero-order valence-electron chi connectivity index (χ0n) is 6.49. The van der Waals surface area contributed by atoms with Crippen LogP contribution in [0.5, 0.6) is 0 Å². The first-order valence-electron chi connectivity index (χ1n) is 3.42. The first-order valence-corrected chi connectivity index (χ1v) is 9.43. The fourth-order valence-corrected chi connectivity index (χ4v) is 9.30. The highest BCUT2D eigenvalue weighted by Gasteiger charge is 2.17. The van der Waals surface area contributed by atoms with E-state index < -0.39 is 38.6 Å². The van der Waals surface area contributed by atoms with Gasteiger partial charge in [-0.15, -0.1) is 6.58 Å². The maximum atomic E-state index is 5.55. The minimum Gasteiger partial charge on any atom is -0.425 e. The van der Waals surface area contributed by atoms with Crippen molar-refractivity contribution in [2.24, 2.45) is 0 Å². The van der Waals surface area contributed by atoms with E-state index in [1.807, 2.05) is 6.55 Å². The Balaban J connectivity index is 2.34. The summed E-state index contributed by atoms with van der Waals surface area (Å²) in [5.41, 5.74) is 1.77. The van der Waals surface area contributed by atoms with Crippen LogP contribution in [-0.4, -0.2) is 38.6 Å². The van der Waals surface area contributed by atoms with Crippen LogP contribution in [0.3, 0.4) is 0 Å². The van der Waals surface area contributed by atoms with Crippen molar-refractivity contribution in [3.8, 4) is 0 Å². The van der Waals surface area contributed by atoms with Gasteiger partial charge in [-0.05, 0) is 6.55 Å². The second kappa shape index (κ2) is 5.16. The van der Waals surface area contributed by atoms with Gasteiger partial charge in [-0.3, -0.25) is 0 Å². The summed E-state index contributed by atoms with van der Waals surface area (Å²) < 4.78 is 21.6. The molecule has 0 aromatic carbocycles. The highest BCUT2D eigenvalue weighted by molar-refractivity contribution is 6.68. The van der Waals surface area contributed by atoms with E-state index in [2.05, 4.69) is 6.58 Å². The summed E-state index contributed by atoms with van der Waals surface area (Å²) in [7, 11) is -4.57. The molecule has 1 saturated heterocycles. The van der Waals surface area contributed by atoms with Crippen LogP contribution < -0.4 is 0 Å². The van der Waals surface area contributed by atoms with Gasteiger partial charge in [0.25, 0.3) is 29.3 Å². The van der Waals surface area contributed by atoms with Gasteiger partial charge in [-0.2, -0.15) is 0 Å². The predicted molar refractivity (Wildman–Crippen MR) is 51.8 cm³/mol. The lowest BCUT2D eigenvalue weighted by Gasteiger charge is -2.22. The topological polar surface area (TPSA) is 36.9 Å². The molecule has 1 aliphatic rings. The summed E-state index contributed by atoms with van der Waals surface area (Å²) in [6.07, 6.45) is 0. The molecular weight excluding hydrogens is 212 g/mol. The molecule has 0 aromatic heterocycles. The van der Waals surface area contributed by atoms with Crippen LogP contribution in [0.4, 0.5) is 0 Å². The highest BCUT2D eigenvalue weighted by Crippen LogP contribution is 1.98. The van der Waals surface area contributed by atoms with Crippen LogP contribution in [0, 0.1) is 0 Å². The Morgan fingerprint density at radius 2 is 2.09 bits per heavy atom. The molecule has 1 rings (SSSR count). The fraction of sp³-hybridized carbons (Fsp3) is 0.333.